The standard InChI is InChI=1S/C62H40N2O/c1-3-13-42(14-4-1)54-22-12-23-57-58-39-47(30-36-61(58)65-62(54)57)44-25-26-46-38-50(33-29-45(46)37-44)63(49-31-27-43(28-32-49)53-21-11-16-41-15-7-8-19-52(41)53)51-34-35-56-55-20-9-10-24-59(55)64(60(56)40-51)48-17-5-2-6-18-48/h1-40H. The first-order chi connectivity index (χ1) is 32.2. The van der Waals surface area contributed by atoms with Crippen molar-refractivity contribution in [3.8, 4) is 39.1 Å². The third-order valence-electron chi connectivity index (χ3n) is 13.2. The highest BCUT2D eigenvalue weighted by molar-refractivity contribution is 6.12. The second-order valence-electron chi connectivity index (χ2n) is 16.9. The van der Waals surface area contributed by atoms with Gasteiger partial charge in [0.1, 0.15) is 11.2 Å². The van der Waals surface area contributed by atoms with Gasteiger partial charge in [0.15, 0.2) is 0 Å². The van der Waals surface area contributed by atoms with E-state index in [-0.39, 0.29) is 0 Å². The lowest BCUT2D eigenvalue weighted by Crippen LogP contribution is -2.10. The highest BCUT2D eigenvalue weighted by Gasteiger charge is 2.19. The number of benzene rings is 11. The predicted molar refractivity (Wildman–Crippen MR) is 274 cm³/mol. The van der Waals surface area contributed by atoms with Crippen LogP contribution in [0.1, 0.15) is 0 Å². The van der Waals surface area contributed by atoms with Crippen LogP contribution in [0.2, 0.25) is 0 Å². The number of para-hydroxylation sites is 3. The van der Waals surface area contributed by atoms with Crippen LogP contribution in [0.25, 0.3) is 104 Å². The van der Waals surface area contributed by atoms with E-state index in [2.05, 4.69) is 246 Å². The zero-order valence-corrected chi connectivity index (χ0v) is 35.4. The molecule has 65 heavy (non-hydrogen) atoms. The molecule has 0 unspecified atom stereocenters. The van der Waals surface area contributed by atoms with Gasteiger partial charge in [-0.05, 0) is 122 Å². The minimum absolute atomic E-state index is 0.894. The lowest BCUT2D eigenvalue weighted by atomic mass is 9.97. The Balaban J connectivity index is 0.931. The maximum absolute atomic E-state index is 6.52. The Labute approximate surface area is 376 Å². The number of furan rings is 1. The first kappa shape index (κ1) is 36.9. The van der Waals surface area contributed by atoms with Gasteiger partial charge < -0.3 is 13.9 Å². The SMILES string of the molecule is c1ccc(-c2cccc3c2oc2ccc(-c4ccc5cc(N(c6ccc(-c7cccc8ccccc78)cc6)c6ccc7c8ccccc8n(-c8ccccc8)c7c6)ccc5c4)cc23)cc1. The maximum Gasteiger partial charge on any atom is 0.143 e. The van der Waals surface area contributed by atoms with Crippen molar-refractivity contribution in [1.82, 2.24) is 4.57 Å². The molecule has 0 aliphatic rings. The number of fused-ring (bicyclic) bond motifs is 8. The molecule has 3 nitrogen and oxygen atoms in total. The second-order valence-corrected chi connectivity index (χ2v) is 16.9. The molecule has 13 rings (SSSR count). The number of hydrogen-bond donors (Lipinski definition) is 0. The normalized spacial score (nSPS) is 11.7. The summed E-state index contributed by atoms with van der Waals surface area (Å²) in [5.74, 6) is 0. The summed E-state index contributed by atoms with van der Waals surface area (Å²) < 4.78 is 8.91. The minimum atomic E-state index is 0.894. The van der Waals surface area contributed by atoms with Gasteiger partial charge in [0.05, 0.1) is 11.0 Å². The lowest BCUT2D eigenvalue weighted by molar-refractivity contribution is 0.670. The summed E-state index contributed by atoms with van der Waals surface area (Å²) in [4.78, 5) is 2.40. The molecule has 0 bridgehead atoms. The third-order valence-corrected chi connectivity index (χ3v) is 13.2. The first-order valence-corrected chi connectivity index (χ1v) is 22.2. The van der Waals surface area contributed by atoms with Crippen molar-refractivity contribution < 1.29 is 4.42 Å². The zero-order valence-electron chi connectivity index (χ0n) is 35.4. The minimum Gasteiger partial charge on any atom is -0.455 e. The van der Waals surface area contributed by atoms with E-state index < -0.39 is 0 Å². The van der Waals surface area contributed by atoms with Gasteiger partial charge in [0, 0.05) is 49.9 Å². The van der Waals surface area contributed by atoms with Crippen LogP contribution in [-0.2, 0) is 0 Å². The molecule has 0 atom stereocenters. The van der Waals surface area contributed by atoms with E-state index in [9.17, 15) is 0 Å². The lowest BCUT2D eigenvalue weighted by Gasteiger charge is -2.26. The third kappa shape index (κ3) is 6.20. The Bertz CT molecular complexity index is 3930. The summed E-state index contributed by atoms with van der Waals surface area (Å²) >= 11 is 0. The average Bonchev–Trinajstić information content (AvgIpc) is 3.92. The van der Waals surface area contributed by atoms with Gasteiger partial charge in [-0.1, -0.05) is 170 Å². The van der Waals surface area contributed by atoms with Gasteiger partial charge in [0.25, 0.3) is 0 Å². The first-order valence-electron chi connectivity index (χ1n) is 22.2. The van der Waals surface area contributed by atoms with Crippen molar-refractivity contribution in [2.24, 2.45) is 0 Å². The smallest absolute Gasteiger partial charge is 0.143 e. The van der Waals surface area contributed by atoms with Crippen LogP contribution in [0.15, 0.2) is 247 Å². The Morgan fingerprint density at radius 2 is 0.892 bits per heavy atom. The van der Waals surface area contributed by atoms with Crippen LogP contribution in [0.4, 0.5) is 17.1 Å². The molecule has 0 saturated heterocycles. The van der Waals surface area contributed by atoms with E-state index >= 15 is 0 Å². The van der Waals surface area contributed by atoms with Crippen LogP contribution < -0.4 is 4.90 Å². The molecule has 13 aromatic rings. The Hall–Kier alpha value is -8.66. The Morgan fingerprint density at radius 1 is 0.308 bits per heavy atom. The molecule has 0 spiro atoms. The van der Waals surface area contributed by atoms with Crippen molar-refractivity contribution in [3.63, 3.8) is 0 Å². The molecule has 304 valence electrons. The van der Waals surface area contributed by atoms with Gasteiger partial charge in [0.2, 0.25) is 0 Å². The molecular formula is C62H40N2O. The molecule has 0 N–H and O–H groups in total. The van der Waals surface area contributed by atoms with Crippen molar-refractivity contribution >= 4 is 82.4 Å². The molecule has 0 fully saturated rings. The molecule has 0 amide bonds. The van der Waals surface area contributed by atoms with Crippen LogP contribution in [0.5, 0.6) is 0 Å². The number of nitrogens with zero attached hydrogens (tertiary/aromatic N) is 2. The summed E-state index contributed by atoms with van der Waals surface area (Å²) in [7, 11) is 0. The predicted octanol–water partition coefficient (Wildman–Crippen LogP) is 17.5. The average molecular weight is 829 g/mol. The summed E-state index contributed by atoms with van der Waals surface area (Å²) in [5.41, 5.74) is 15.6. The van der Waals surface area contributed by atoms with Crippen molar-refractivity contribution in [3.05, 3.63) is 243 Å². The van der Waals surface area contributed by atoms with Crippen molar-refractivity contribution in [1.29, 1.82) is 0 Å². The zero-order chi connectivity index (χ0) is 42.8. The van der Waals surface area contributed by atoms with Gasteiger partial charge >= 0.3 is 0 Å². The molecule has 11 aromatic carbocycles. The van der Waals surface area contributed by atoms with Gasteiger partial charge in [-0.2, -0.15) is 0 Å². The molecule has 0 aliphatic heterocycles. The Kier molecular flexibility index (Phi) is 8.53. The highest BCUT2D eigenvalue weighted by atomic mass is 16.3. The maximum atomic E-state index is 6.52. The fourth-order valence-corrected chi connectivity index (χ4v) is 10.0. The molecule has 0 aliphatic carbocycles. The van der Waals surface area contributed by atoms with Crippen molar-refractivity contribution in [2.75, 3.05) is 4.90 Å². The van der Waals surface area contributed by atoms with Crippen molar-refractivity contribution in [2.45, 2.75) is 0 Å². The summed E-state index contributed by atoms with van der Waals surface area (Å²) in [6.45, 7) is 0. The molecule has 0 radical (unpaired) electrons. The fraction of sp³-hybridized carbons (Fsp3) is 0. The fourth-order valence-electron chi connectivity index (χ4n) is 10.0. The van der Waals surface area contributed by atoms with E-state index in [1.165, 1.54) is 54.5 Å². The number of rotatable bonds is 7. The number of hydrogen-bond acceptors (Lipinski definition) is 2. The monoisotopic (exact) mass is 828 g/mol. The van der Waals surface area contributed by atoms with Crippen LogP contribution >= 0.6 is 0 Å². The largest absolute Gasteiger partial charge is 0.455 e. The van der Waals surface area contributed by atoms with E-state index in [0.717, 1.165) is 66.9 Å². The summed E-state index contributed by atoms with van der Waals surface area (Å²) in [6, 6.07) is 87.7. The summed E-state index contributed by atoms with van der Waals surface area (Å²) in [6.07, 6.45) is 0. The van der Waals surface area contributed by atoms with E-state index in [4.69, 9.17) is 4.42 Å². The Morgan fingerprint density at radius 3 is 1.77 bits per heavy atom. The number of anilines is 3. The molecule has 2 heterocycles. The second kappa shape index (κ2) is 15.0. The van der Waals surface area contributed by atoms with E-state index in [0.29, 0.717) is 0 Å². The van der Waals surface area contributed by atoms with Crippen LogP contribution in [-0.4, -0.2) is 4.57 Å². The van der Waals surface area contributed by atoms with E-state index in [1.807, 2.05) is 6.07 Å². The quantitative estimate of drug-likeness (QED) is 0.160. The van der Waals surface area contributed by atoms with E-state index in [1.54, 1.807) is 0 Å². The number of aromatic nitrogens is 1. The molecule has 0 saturated carbocycles. The van der Waals surface area contributed by atoms with Gasteiger partial charge in [-0.25, -0.2) is 0 Å². The van der Waals surface area contributed by atoms with Gasteiger partial charge in [-0.3, -0.25) is 0 Å². The highest BCUT2D eigenvalue weighted by Crippen LogP contribution is 2.43. The van der Waals surface area contributed by atoms with Crippen LogP contribution in [0, 0.1) is 0 Å². The van der Waals surface area contributed by atoms with Crippen LogP contribution in [0.3, 0.4) is 0 Å². The topological polar surface area (TPSA) is 21.3 Å². The van der Waals surface area contributed by atoms with Gasteiger partial charge in [-0.15, -0.1) is 0 Å². The summed E-state index contributed by atoms with van der Waals surface area (Å²) in [5, 5.41) is 9.56. The molecular weight excluding hydrogens is 789 g/mol. The molecule has 2 aromatic heterocycles. The molecule has 3 heteroatoms.